The zero-order chi connectivity index (χ0) is 32.2. The van der Waals surface area contributed by atoms with Gasteiger partial charge in [-0.25, -0.2) is 0 Å². The summed E-state index contributed by atoms with van der Waals surface area (Å²) in [6.45, 7) is 0. The largest absolute Gasteiger partial charge is 0.456 e. The summed E-state index contributed by atoms with van der Waals surface area (Å²) in [6.07, 6.45) is 0. The van der Waals surface area contributed by atoms with Crippen molar-refractivity contribution >= 4 is 54.3 Å². The van der Waals surface area contributed by atoms with E-state index in [2.05, 4.69) is 0 Å². The molecule has 0 aliphatic carbocycles. The van der Waals surface area contributed by atoms with Gasteiger partial charge in [-0.05, 0) is 72.7 Å². The Balaban J connectivity index is 1.66. The lowest BCUT2D eigenvalue weighted by atomic mass is 9.85. The lowest BCUT2D eigenvalue weighted by Gasteiger charge is -2.18. The van der Waals surface area contributed by atoms with E-state index in [0.717, 1.165) is 32.7 Å². The fourth-order valence-corrected chi connectivity index (χ4v) is 5.42. The molecule has 0 N–H and O–H groups in total. The third-order valence-corrected chi connectivity index (χ3v) is 6.94. The van der Waals surface area contributed by atoms with Gasteiger partial charge >= 0.3 is 0 Å². The SMILES string of the molecule is [2H]c1c([2H])c(-c2c3ccccc3c(-c3ccccc3)c3ccccc23)c2c(oc3c([2H])c4c([2H])c([2H])c([2H])c([2H])c4c([2H])c32)c1[2H]. The quantitative estimate of drug-likeness (QED) is 0.225. The maximum absolute atomic E-state index is 9.30. The molecule has 0 amide bonds. The molecule has 0 bridgehead atoms. The average Bonchev–Trinajstić information content (AvgIpc) is 3.48. The highest BCUT2D eigenvalue weighted by atomic mass is 16.3. The molecule has 0 fully saturated rings. The van der Waals surface area contributed by atoms with Crippen LogP contribution in [0.5, 0.6) is 0 Å². The van der Waals surface area contributed by atoms with Gasteiger partial charge in [0.15, 0.2) is 0 Å². The van der Waals surface area contributed by atoms with E-state index in [1.165, 1.54) is 0 Å². The van der Waals surface area contributed by atoms with Crippen LogP contribution in [0, 0.1) is 0 Å². The van der Waals surface area contributed by atoms with E-state index in [1.54, 1.807) is 0 Å². The molecule has 0 aliphatic rings. The van der Waals surface area contributed by atoms with Crippen molar-refractivity contribution < 1.29 is 16.8 Å². The van der Waals surface area contributed by atoms with Crippen LogP contribution in [0.25, 0.3) is 76.5 Å². The van der Waals surface area contributed by atoms with Crippen LogP contribution in [0.15, 0.2) is 138 Å². The van der Waals surface area contributed by atoms with Crippen LogP contribution in [-0.2, 0) is 0 Å². The Labute approximate surface area is 226 Å². The topological polar surface area (TPSA) is 13.1 Å². The van der Waals surface area contributed by atoms with Crippen molar-refractivity contribution in [2.75, 3.05) is 0 Å². The van der Waals surface area contributed by atoms with Gasteiger partial charge in [0.1, 0.15) is 11.2 Å². The summed E-state index contributed by atoms with van der Waals surface area (Å²) < 4.78 is 84.9. The van der Waals surface area contributed by atoms with Crippen LogP contribution in [-0.4, -0.2) is 0 Å². The van der Waals surface area contributed by atoms with Gasteiger partial charge in [0, 0.05) is 10.8 Å². The Morgan fingerprint density at radius 2 is 1.08 bits per heavy atom. The number of rotatable bonds is 2. The highest BCUT2D eigenvalue weighted by molar-refractivity contribution is 6.26. The fraction of sp³-hybridized carbons (Fsp3) is 0. The molecular weight excluding hydrogens is 448 g/mol. The fourth-order valence-electron chi connectivity index (χ4n) is 5.42. The minimum absolute atomic E-state index is 0.0647. The van der Waals surface area contributed by atoms with Crippen LogP contribution < -0.4 is 0 Å². The molecule has 0 aliphatic heterocycles. The normalized spacial score (nSPS) is 15.2. The first-order valence-corrected chi connectivity index (χ1v) is 12.0. The highest BCUT2D eigenvalue weighted by Crippen LogP contribution is 2.47. The van der Waals surface area contributed by atoms with Gasteiger partial charge in [-0.3, -0.25) is 0 Å². The van der Waals surface area contributed by atoms with Gasteiger partial charge in [0.25, 0.3) is 0 Å². The van der Waals surface area contributed by atoms with Crippen molar-refractivity contribution in [3.8, 4) is 22.3 Å². The zero-order valence-corrected chi connectivity index (χ0v) is 19.4. The second-order valence-electron chi connectivity index (χ2n) is 8.97. The van der Waals surface area contributed by atoms with E-state index < -0.39 is 24.2 Å². The minimum Gasteiger partial charge on any atom is -0.456 e. The molecule has 0 saturated carbocycles. The predicted octanol–water partition coefficient (Wildman–Crippen LogP) is 10.4. The molecule has 172 valence electrons. The van der Waals surface area contributed by atoms with Crippen LogP contribution in [0.1, 0.15) is 12.3 Å². The second kappa shape index (κ2) is 7.81. The van der Waals surface area contributed by atoms with E-state index >= 15 is 0 Å². The van der Waals surface area contributed by atoms with E-state index in [9.17, 15) is 2.74 Å². The van der Waals surface area contributed by atoms with Crippen LogP contribution >= 0.6 is 0 Å². The van der Waals surface area contributed by atoms with Crippen LogP contribution in [0.2, 0.25) is 0 Å². The van der Waals surface area contributed by atoms with E-state index in [4.69, 9.17) is 14.0 Å². The Kier molecular flexibility index (Phi) is 2.84. The standard InChI is InChI=1S/C36H22O/c1-2-11-23(12-3-1)34-26-15-6-8-17-28(26)35(29-18-9-7-16-27(29)34)30-19-10-20-32-36(30)31-21-24-13-4-5-14-25(24)22-33(31)37-32/h1-22H/i4D,5D,10D,13D,14D,19D,20D,21D,22D. The van der Waals surface area contributed by atoms with Crippen molar-refractivity contribution in [2.45, 2.75) is 0 Å². The van der Waals surface area contributed by atoms with Gasteiger partial charge in [-0.15, -0.1) is 0 Å². The molecule has 8 rings (SSSR count). The number of fused-ring (bicyclic) bond motifs is 6. The minimum atomic E-state index is -0.527. The maximum Gasteiger partial charge on any atom is 0.136 e. The summed E-state index contributed by atoms with van der Waals surface area (Å²) >= 11 is 0. The molecule has 37 heavy (non-hydrogen) atoms. The lowest BCUT2D eigenvalue weighted by Crippen LogP contribution is -1.91. The van der Waals surface area contributed by atoms with Crippen LogP contribution in [0.4, 0.5) is 0 Å². The number of hydrogen-bond acceptors (Lipinski definition) is 1. The Hall–Kier alpha value is -4.88. The number of hydrogen-bond donors (Lipinski definition) is 0. The predicted molar refractivity (Wildman–Crippen MR) is 157 cm³/mol. The molecule has 1 aromatic heterocycles. The first kappa shape index (κ1) is 13.4. The molecule has 0 saturated heterocycles. The molecule has 1 nitrogen and oxygen atoms in total. The van der Waals surface area contributed by atoms with Gasteiger partial charge in [-0.1, -0.05) is 115 Å². The van der Waals surface area contributed by atoms with Gasteiger partial charge in [0.2, 0.25) is 0 Å². The third-order valence-electron chi connectivity index (χ3n) is 6.94. The Morgan fingerprint density at radius 3 is 1.76 bits per heavy atom. The summed E-state index contributed by atoms with van der Waals surface area (Å²) in [6, 6.07) is 21.9. The number of furan rings is 1. The average molecular weight is 480 g/mol. The highest BCUT2D eigenvalue weighted by Gasteiger charge is 2.20. The van der Waals surface area contributed by atoms with Crippen molar-refractivity contribution in [3.63, 3.8) is 0 Å². The van der Waals surface area contributed by atoms with Crippen molar-refractivity contribution in [1.29, 1.82) is 0 Å². The summed E-state index contributed by atoms with van der Waals surface area (Å²) in [5.74, 6) is 0. The summed E-state index contributed by atoms with van der Waals surface area (Å²) in [4.78, 5) is 0. The zero-order valence-electron chi connectivity index (χ0n) is 28.4. The van der Waals surface area contributed by atoms with E-state index in [1.807, 2.05) is 78.9 Å². The molecular formula is C36H22O. The molecule has 0 radical (unpaired) electrons. The summed E-state index contributed by atoms with van der Waals surface area (Å²) in [7, 11) is 0. The molecule has 0 unspecified atom stereocenters. The molecule has 7 aromatic carbocycles. The summed E-state index contributed by atoms with van der Waals surface area (Å²) in [5, 5.41) is 3.32. The third kappa shape index (κ3) is 2.98. The van der Waals surface area contributed by atoms with Crippen molar-refractivity contribution in [3.05, 3.63) is 133 Å². The molecule has 1 heterocycles. The molecule has 0 atom stereocenters. The maximum atomic E-state index is 9.30. The Morgan fingerprint density at radius 1 is 0.486 bits per heavy atom. The monoisotopic (exact) mass is 479 g/mol. The van der Waals surface area contributed by atoms with Gasteiger partial charge in [0.05, 0.1) is 12.3 Å². The smallest absolute Gasteiger partial charge is 0.136 e. The number of benzene rings is 7. The first-order chi connectivity index (χ1) is 22.1. The van der Waals surface area contributed by atoms with E-state index in [0.29, 0.717) is 5.56 Å². The van der Waals surface area contributed by atoms with Crippen molar-refractivity contribution in [1.82, 2.24) is 0 Å². The molecule has 0 spiro atoms. The Bertz CT molecular complexity index is 2570. The second-order valence-corrected chi connectivity index (χ2v) is 8.97. The molecule has 1 heteroatoms. The molecule has 8 aromatic rings. The van der Waals surface area contributed by atoms with E-state index in [-0.39, 0.29) is 68.5 Å². The van der Waals surface area contributed by atoms with Crippen LogP contribution in [0.3, 0.4) is 0 Å². The van der Waals surface area contributed by atoms with Gasteiger partial charge < -0.3 is 4.42 Å². The van der Waals surface area contributed by atoms with Gasteiger partial charge in [-0.2, -0.15) is 0 Å². The first-order valence-electron chi connectivity index (χ1n) is 16.5. The van der Waals surface area contributed by atoms with Crippen molar-refractivity contribution in [2.24, 2.45) is 0 Å². The summed E-state index contributed by atoms with van der Waals surface area (Å²) in [5.41, 5.74) is 2.65. The lowest BCUT2D eigenvalue weighted by molar-refractivity contribution is 0.669.